The minimum atomic E-state index is -0.241. The van der Waals surface area contributed by atoms with Gasteiger partial charge >= 0.3 is 0 Å². The molecule has 1 aliphatic heterocycles. The quantitative estimate of drug-likeness (QED) is 0.280. The maximum Gasteiger partial charge on any atom is 0.244 e. The van der Waals surface area contributed by atoms with E-state index in [-0.39, 0.29) is 19.3 Å². The number of carbonyl (C=O) groups excluding carboxylic acids is 1. The summed E-state index contributed by atoms with van der Waals surface area (Å²) in [5, 5.41) is 15.7. The van der Waals surface area contributed by atoms with E-state index in [4.69, 9.17) is 23.7 Å². The fraction of sp³-hybridized carbons (Fsp3) is 0.200. The third-order valence-electron chi connectivity index (χ3n) is 5.36. The Morgan fingerprint density at radius 3 is 2.75 bits per heavy atom. The molecule has 2 aromatic carbocycles. The number of nitrogens with zero attached hydrogens (tertiary/aromatic N) is 4. The summed E-state index contributed by atoms with van der Waals surface area (Å²) in [6.45, 7) is 0.740. The Kier molecular flexibility index (Phi) is 6.52. The van der Waals surface area contributed by atoms with Gasteiger partial charge in [-0.3, -0.25) is 4.79 Å². The average molecular weight is 489 g/mol. The van der Waals surface area contributed by atoms with Crippen LogP contribution in [0.25, 0.3) is 23.1 Å². The van der Waals surface area contributed by atoms with Gasteiger partial charge in [-0.15, -0.1) is 15.3 Å². The number of methoxy groups -OCH3 is 2. The Morgan fingerprint density at radius 2 is 1.89 bits per heavy atom. The number of hydrogen-bond donors (Lipinski definition) is 1. The van der Waals surface area contributed by atoms with Crippen molar-refractivity contribution in [1.82, 2.24) is 25.1 Å². The molecule has 1 N–H and O–H groups in total. The summed E-state index contributed by atoms with van der Waals surface area (Å²) >= 11 is 0. The molecule has 2 aromatic heterocycles. The first-order valence-corrected chi connectivity index (χ1v) is 11.1. The predicted octanol–water partition coefficient (Wildman–Crippen LogP) is 2.75. The van der Waals surface area contributed by atoms with Crippen LogP contribution in [0.15, 0.2) is 54.6 Å². The zero-order valence-electron chi connectivity index (χ0n) is 19.6. The van der Waals surface area contributed by atoms with Crippen LogP contribution in [-0.4, -0.2) is 59.9 Å². The molecule has 3 heterocycles. The number of benzene rings is 2. The van der Waals surface area contributed by atoms with Crippen LogP contribution >= 0.6 is 0 Å². The second kappa shape index (κ2) is 10.2. The summed E-state index contributed by atoms with van der Waals surface area (Å²) in [7, 11) is 3.15. The molecule has 0 spiro atoms. The van der Waals surface area contributed by atoms with Gasteiger partial charge in [-0.1, -0.05) is 6.07 Å². The van der Waals surface area contributed by atoms with Crippen LogP contribution in [0.4, 0.5) is 0 Å². The van der Waals surface area contributed by atoms with Crippen molar-refractivity contribution < 1.29 is 28.5 Å². The molecule has 0 saturated heterocycles. The Labute approximate surface area is 206 Å². The molecule has 1 aliphatic rings. The first-order valence-electron chi connectivity index (χ1n) is 11.1. The van der Waals surface area contributed by atoms with E-state index in [9.17, 15) is 4.79 Å². The third-order valence-corrected chi connectivity index (χ3v) is 5.36. The maximum absolute atomic E-state index is 12.1. The van der Waals surface area contributed by atoms with E-state index in [0.717, 1.165) is 11.1 Å². The van der Waals surface area contributed by atoms with E-state index < -0.39 is 0 Å². The Bertz CT molecular complexity index is 1430. The van der Waals surface area contributed by atoms with Gasteiger partial charge in [0, 0.05) is 17.7 Å². The zero-order chi connectivity index (χ0) is 24.9. The van der Waals surface area contributed by atoms with Crippen molar-refractivity contribution in [3.8, 4) is 40.3 Å². The van der Waals surface area contributed by atoms with Crippen LogP contribution in [0, 0.1) is 0 Å². The highest BCUT2D eigenvalue weighted by molar-refractivity contribution is 5.91. The molecule has 0 aliphatic carbocycles. The summed E-state index contributed by atoms with van der Waals surface area (Å²) in [6, 6.07) is 14.4. The topological polar surface area (TPSA) is 118 Å². The van der Waals surface area contributed by atoms with E-state index in [2.05, 4.69) is 20.6 Å². The van der Waals surface area contributed by atoms with Crippen LogP contribution in [-0.2, 0) is 4.79 Å². The number of hydrogen-bond acceptors (Lipinski definition) is 9. The number of aromatic nitrogens is 4. The van der Waals surface area contributed by atoms with Crippen molar-refractivity contribution in [2.24, 2.45) is 0 Å². The van der Waals surface area contributed by atoms with E-state index in [1.807, 2.05) is 24.3 Å². The Hall–Kier alpha value is -4.80. The van der Waals surface area contributed by atoms with Crippen molar-refractivity contribution in [3.05, 3.63) is 60.2 Å². The molecule has 5 rings (SSSR count). The minimum absolute atomic E-state index is 0.208. The monoisotopic (exact) mass is 489 g/mol. The molecule has 0 radical (unpaired) electrons. The number of carbonyl (C=O) groups is 1. The van der Waals surface area contributed by atoms with Gasteiger partial charge in [0.15, 0.2) is 34.5 Å². The normalized spacial score (nSPS) is 12.2. The smallest absolute Gasteiger partial charge is 0.244 e. The van der Waals surface area contributed by atoms with E-state index in [1.165, 1.54) is 6.08 Å². The number of ether oxygens (including phenoxy) is 5. The Balaban J connectivity index is 1.18. The molecule has 36 heavy (non-hydrogen) atoms. The van der Waals surface area contributed by atoms with Crippen LogP contribution in [0.3, 0.4) is 0 Å². The van der Waals surface area contributed by atoms with Gasteiger partial charge in [-0.25, -0.2) is 0 Å². The molecule has 184 valence electrons. The van der Waals surface area contributed by atoms with Gasteiger partial charge in [0.2, 0.25) is 18.6 Å². The van der Waals surface area contributed by atoms with Gasteiger partial charge in [-0.05, 0) is 48.0 Å². The third kappa shape index (κ3) is 4.85. The number of rotatable bonds is 9. The summed E-state index contributed by atoms with van der Waals surface area (Å²) < 4.78 is 28.6. The highest BCUT2D eigenvalue weighted by Crippen LogP contribution is 2.33. The molecule has 0 fully saturated rings. The molecule has 11 nitrogen and oxygen atoms in total. The first-order chi connectivity index (χ1) is 17.6. The largest absolute Gasteiger partial charge is 0.493 e. The second-order valence-electron chi connectivity index (χ2n) is 7.62. The summed E-state index contributed by atoms with van der Waals surface area (Å²) in [4.78, 5) is 12.1. The fourth-order valence-electron chi connectivity index (χ4n) is 3.58. The van der Waals surface area contributed by atoms with Gasteiger partial charge < -0.3 is 29.0 Å². The SMILES string of the molecule is COc1ccc(-c2nnc3ccc(OCCNC(=O)/C=C/c4ccc5c(c4)OCO5)nn23)cc1OC. The summed E-state index contributed by atoms with van der Waals surface area (Å²) in [6.07, 6.45) is 3.16. The highest BCUT2D eigenvalue weighted by atomic mass is 16.7. The maximum atomic E-state index is 12.1. The number of nitrogens with one attached hydrogen (secondary N) is 1. The van der Waals surface area contributed by atoms with E-state index >= 15 is 0 Å². The standard InChI is InChI=1S/C25H23N5O6/c1-32-18-7-5-17(14-20(18)33-2)25-28-27-22-8-10-24(29-30(22)25)34-12-11-26-23(31)9-4-16-3-6-19-21(13-16)36-15-35-19/h3-10,13-14H,11-12,15H2,1-2H3,(H,26,31)/b9-4+. The summed E-state index contributed by atoms with van der Waals surface area (Å²) in [5.74, 6) is 3.20. The lowest BCUT2D eigenvalue weighted by atomic mass is 10.2. The number of fused-ring (bicyclic) bond motifs is 2. The first kappa shape index (κ1) is 23.0. The average Bonchev–Trinajstić information content (AvgIpc) is 3.56. The van der Waals surface area contributed by atoms with Crippen LogP contribution in [0.5, 0.6) is 28.9 Å². The van der Waals surface area contributed by atoms with Crippen molar-refractivity contribution in [2.75, 3.05) is 34.2 Å². The van der Waals surface area contributed by atoms with Crippen LogP contribution in [0.1, 0.15) is 5.56 Å². The lowest BCUT2D eigenvalue weighted by molar-refractivity contribution is -0.116. The van der Waals surface area contributed by atoms with Gasteiger partial charge in [-0.2, -0.15) is 4.52 Å². The second-order valence-corrected chi connectivity index (χ2v) is 7.62. The van der Waals surface area contributed by atoms with Gasteiger partial charge in [0.25, 0.3) is 0 Å². The predicted molar refractivity (Wildman–Crippen MR) is 129 cm³/mol. The van der Waals surface area contributed by atoms with Crippen molar-refractivity contribution in [1.29, 1.82) is 0 Å². The van der Waals surface area contributed by atoms with Crippen LogP contribution < -0.4 is 29.0 Å². The van der Waals surface area contributed by atoms with Gasteiger partial charge in [0.1, 0.15) is 6.61 Å². The molecule has 0 unspecified atom stereocenters. The highest BCUT2D eigenvalue weighted by Gasteiger charge is 2.14. The molecule has 0 atom stereocenters. The van der Waals surface area contributed by atoms with Crippen molar-refractivity contribution >= 4 is 17.6 Å². The minimum Gasteiger partial charge on any atom is -0.493 e. The van der Waals surface area contributed by atoms with Crippen molar-refractivity contribution in [3.63, 3.8) is 0 Å². The van der Waals surface area contributed by atoms with Crippen molar-refractivity contribution in [2.45, 2.75) is 0 Å². The fourth-order valence-corrected chi connectivity index (χ4v) is 3.58. The molecule has 4 aromatic rings. The molecular weight excluding hydrogens is 466 g/mol. The lowest BCUT2D eigenvalue weighted by Gasteiger charge is -2.09. The van der Waals surface area contributed by atoms with E-state index in [0.29, 0.717) is 46.9 Å². The zero-order valence-corrected chi connectivity index (χ0v) is 19.6. The molecular formula is C25H23N5O6. The Morgan fingerprint density at radius 1 is 1.03 bits per heavy atom. The molecule has 0 saturated carbocycles. The number of amides is 1. The lowest BCUT2D eigenvalue weighted by Crippen LogP contribution is -2.26. The van der Waals surface area contributed by atoms with E-state index in [1.54, 1.807) is 49.1 Å². The molecule has 0 bridgehead atoms. The van der Waals surface area contributed by atoms with Gasteiger partial charge in [0.05, 0.1) is 20.8 Å². The molecule has 11 heteroatoms. The molecule has 1 amide bonds. The van der Waals surface area contributed by atoms with Crippen LogP contribution in [0.2, 0.25) is 0 Å². The summed E-state index contributed by atoms with van der Waals surface area (Å²) in [5.41, 5.74) is 2.16.